The first-order chi connectivity index (χ1) is 7.61. The van der Waals surface area contributed by atoms with Crippen LogP contribution < -0.4 is 5.73 Å². The van der Waals surface area contributed by atoms with Gasteiger partial charge in [0.05, 0.1) is 6.54 Å². The zero-order chi connectivity index (χ0) is 12.0. The van der Waals surface area contributed by atoms with E-state index in [0.29, 0.717) is 18.8 Å². The Morgan fingerprint density at radius 2 is 2.06 bits per heavy atom. The highest BCUT2D eigenvalue weighted by Gasteiger charge is 2.11. The minimum Gasteiger partial charge on any atom is -0.399 e. The van der Waals surface area contributed by atoms with Crippen molar-refractivity contribution in [2.75, 3.05) is 18.8 Å². The second kappa shape index (κ2) is 8.25. The van der Waals surface area contributed by atoms with E-state index in [9.17, 15) is 8.78 Å². The Bertz CT molecular complexity index is 321. The molecule has 0 aliphatic heterocycles. The normalized spacial score (nSPS) is 10.6. The highest BCUT2D eigenvalue weighted by molar-refractivity contribution is 5.85. The molecule has 0 aromatic heterocycles. The van der Waals surface area contributed by atoms with E-state index in [1.807, 2.05) is 25.1 Å². The third-order valence-corrected chi connectivity index (χ3v) is 2.29. The lowest BCUT2D eigenvalue weighted by atomic mass is 10.2. The van der Waals surface area contributed by atoms with Gasteiger partial charge in [-0.2, -0.15) is 0 Å². The molecule has 0 amide bonds. The van der Waals surface area contributed by atoms with Crippen molar-refractivity contribution in [3.05, 3.63) is 29.8 Å². The second-order valence-electron chi connectivity index (χ2n) is 3.87. The first-order valence-corrected chi connectivity index (χ1v) is 5.46. The molecule has 0 atom stereocenters. The van der Waals surface area contributed by atoms with Gasteiger partial charge in [-0.1, -0.05) is 19.1 Å². The van der Waals surface area contributed by atoms with Crippen LogP contribution in [0.2, 0.25) is 0 Å². The molecule has 0 aliphatic rings. The minimum absolute atomic E-state index is 0. The minimum atomic E-state index is -2.28. The third-order valence-electron chi connectivity index (χ3n) is 2.29. The lowest BCUT2D eigenvalue weighted by Crippen LogP contribution is -2.29. The van der Waals surface area contributed by atoms with E-state index in [-0.39, 0.29) is 19.0 Å². The number of hydrogen-bond acceptors (Lipinski definition) is 2. The molecule has 0 bridgehead atoms. The number of alkyl halides is 2. The molecule has 2 nitrogen and oxygen atoms in total. The zero-order valence-electron chi connectivity index (χ0n) is 9.90. The Morgan fingerprint density at radius 3 is 2.59 bits per heavy atom. The number of halogens is 3. The number of nitrogens with zero attached hydrogens (tertiary/aromatic N) is 1. The van der Waals surface area contributed by atoms with Crippen molar-refractivity contribution in [2.45, 2.75) is 26.3 Å². The predicted octanol–water partition coefficient (Wildman–Crippen LogP) is 3.17. The van der Waals surface area contributed by atoms with Crippen LogP contribution in [0, 0.1) is 0 Å². The summed E-state index contributed by atoms with van der Waals surface area (Å²) in [6.45, 7) is 3.02. The Hall–Kier alpha value is -0.870. The summed E-state index contributed by atoms with van der Waals surface area (Å²) in [7, 11) is 0. The van der Waals surface area contributed by atoms with Gasteiger partial charge in [-0.05, 0) is 30.7 Å². The average molecular weight is 265 g/mol. The lowest BCUT2D eigenvalue weighted by Gasteiger charge is -2.21. The van der Waals surface area contributed by atoms with Crippen molar-refractivity contribution in [3.63, 3.8) is 0 Å². The Balaban J connectivity index is 0.00000256. The summed E-state index contributed by atoms with van der Waals surface area (Å²) in [6.07, 6.45) is -1.41. The molecule has 0 aliphatic carbocycles. The maximum atomic E-state index is 12.3. The molecule has 0 fully saturated rings. The van der Waals surface area contributed by atoms with Crippen molar-refractivity contribution in [2.24, 2.45) is 0 Å². The summed E-state index contributed by atoms with van der Waals surface area (Å²) in [5.74, 6) is 0. The molecular formula is C12H19ClF2N2. The third kappa shape index (κ3) is 6.44. The molecule has 0 saturated carbocycles. The fourth-order valence-corrected chi connectivity index (χ4v) is 1.70. The number of rotatable bonds is 6. The summed E-state index contributed by atoms with van der Waals surface area (Å²) in [6, 6.07) is 7.37. The van der Waals surface area contributed by atoms with Crippen LogP contribution in [-0.2, 0) is 6.54 Å². The standard InChI is InChI=1S/C12H18F2N2.ClH/c1-2-6-16(9-12(13)14)8-10-4-3-5-11(15)7-10;/h3-5,7,12H,2,6,8-9,15H2,1H3;1H. The number of anilines is 1. The Labute approximate surface area is 107 Å². The van der Waals surface area contributed by atoms with Gasteiger partial charge in [0.15, 0.2) is 0 Å². The quantitative estimate of drug-likeness (QED) is 0.800. The van der Waals surface area contributed by atoms with Crippen molar-refractivity contribution < 1.29 is 8.78 Å². The SMILES string of the molecule is CCCN(Cc1cccc(N)c1)CC(F)F.Cl. The van der Waals surface area contributed by atoms with Crippen LogP contribution in [0.3, 0.4) is 0 Å². The molecule has 0 saturated heterocycles. The van der Waals surface area contributed by atoms with Gasteiger partial charge in [-0.25, -0.2) is 8.78 Å². The average Bonchev–Trinajstić information content (AvgIpc) is 2.16. The van der Waals surface area contributed by atoms with Crippen molar-refractivity contribution >= 4 is 18.1 Å². The second-order valence-corrected chi connectivity index (χ2v) is 3.87. The van der Waals surface area contributed by atoms with Crippen LogP contribution in [0.1, 0.15) is 18.9 Å². The topological polar surface area (TPSA) is 29.3 Å². The van der Waals surface area contributed by atoms with Crippen LogP contribution in [0.15, 0.2) is 24.3 Å². The summed E-state index contributed by atoms with van der Waals surface area (Å²) >= 11 is 0. The van der Waals surface area contributed by atoms with Crippen LogP contribution >= 0.6 is 12.4 Å². The first-order valence-electron chi connectivity index (χ1n) is 5.46. The summed E-state index contributed by atoms with van der Waals surface area (Å²) in [5, 5.41) is 0. The molecule has 98 valence electrons. The van der Waals surface area contributed by atoms with Gasteiger partial charge >= 0.3 is 0 Å². The van der Waals surface area contributed by atoms with Crippen molar-refractivity contribution in [1.29, 1.82) is 0 Å². The van der Waals surface area contributed by atoms with E-state index in [4.69, 9.17) is 5.73 Å². The molecule has 0 spiro atoms. The summed E-state index contributed by atoms with van der Waals surface area (Å²) < 4.78 is 24.6. The van der Waals surface area contributed by atoms with Gasteiger partial charge in [0.25, 0.3) is 6.43 Å². The Morgan fingerprint density at radius 1 is 1.35 bits per heavy atom. The largest absolute Gasteiger partial charge is 0.399 e. The molecule has 0 radical (unpaired) electrons. The Kier molecular flexibility index (Phi) is 7.83. The highest BCUT2D eigenvalue weighted by atomic mass is 35.5. The summed E-state index contributed by atoms with van der Waals surface area (Å²) in [5.41, 5.74) is 7.30. The number of nitrogen functional groups attached to an aromatic ring is 1. The molecule has 0 heterocycles. The van der Waals surface area contributed by atoms with E-state index in [1.165, 1.54) is 0 Å². The molecular weight excluding hydrogens is 246 g/mol. The number of hydrogen-bond donors (Lipinski definition) is 1. The van der Waals surface area contributed by atoms with Crippen LogP contribution in [0.25, 0.3) is 0 Å². The fourth-order valence-electron chi connectivity index (χ4n) is 1.70. The van der Waals surface area contributed by atoms with Crippen LogP contribution in [0.5, 0.6) is 0 Å². The van der Waals surface area contributed by atoms with Crippen LogP contribution in [-0.4, -0.2) is 24.4 Å². The predicted molar refractivity (Wildman–Crippen MR) is 69.7 cm³/mol. The van der Waals surface area contributed by atoms with E-state index < -0.39 is 6.43 Å². The molecule has 5 heteroatoms. The van der Waals surface area contributed by atoms with Gasteiger partial charge in [-0.15, -0.1) is 12.4 Å². The van der Waals surface area contributed by atoms with Gasteiger partial charge in [0.1, 0.15) is 0 Å². The fraction of sp³-hybridized carbons (Fsp3) is 0.500. The molecule has 2 N–H and O–H groups in total. The highest BCUT2D eigenvalue weighted by Crippen LogP contribution is 2.11. The van der Waals surface area contributed by atoms with E-state index in [2.05, 4.69) is 0 Å². The monoisotopic (exact) mass is 264 g/mol. The smallest absolute Gasteiger partial charge is 0.251 e. The van der Waals surface area contributed by atoms with Gasteiger partial charge in [0, 0.05) is 12.2 Å². The van der Waals surface area contributed by atoms with E-state index in [0.717, 1.165) is 12.0 Å². The van der Waals surface area contributed by atoms with E-state index in [1.54, 1.807) is 11.0 Å². The first kappa shape index (κ1) is 16.1. The van der Waals surface area contributed by atoms with Gasteiger partial charge in [0.2, 0.25) is 0 Å². The molecule has 1 aromatic rings. The van der Waals surface area contributed by atoms with E-state index >= 15 is 0 Å². The molecule has 1 aromatic carbocycles. The zero-order valence-corrected chi connectivity index (χ0v) is 10.7. The molecule has 1 rings (SSSR count). The lowest BCUT2D eigenvalue weighted by molar-refractivity contribution is 0.0847. The van der Waals surface area contributed by atoms with Gasteiger partial charge in [-0.3, -0.25) is 4.90 Å². The van der Waals surface area contributed by atoms with Crippen LogP contribution in [0.4, 0.5) is 14.5 Å². The molecule has 17 heavy (non-hydrogen) atoms. The summed E-state index contributed by atoms with van der Waals surface area (Å²) in [4.78, 5) is 1.75. The van der Waals surface area contributed by atoms with Gasteiger partial charge < -0.3 is 5.73 Å². The van der Waals surface area contributed by atoms with Crippen molar-refractivity contribution in [3.8, 4) is 0 Å². The molecule has 0 unspecified atom stereocenters. The maximum absolute atomic E-state index is 12.3. The van der Waals surface area contributed by atoms with Crippen molar-refractivity contribution in [1.82, 2.24) is 4.90 Å². The number of nitrogens with two attached hydrogens (primary N) is 1. The number of benzene rings is 1. The maximum Gasteiger partial charge on any atom is 0.251 e.